The summed E-state index contributed by atoms with van der Waals surface area (Å²) in [6.07, 6.45) is 27.7. The highest BCUT2D eigenvalue weighted by Gasteiger charge is 2.40. The van der Waals surface area contributed by atoms with Crippen LogP contribution in [0.1, 0.15) is 163 Å². The fourth-order valence-corrected chi connectivity index (χ4v) is 10.2. The average molecular weight is 823 g/mol. The van der Waals surface area contributed by atoms with E-state index in [4.69, 9.17) is 9.47 Å². The third kappa shape index (κ3) is 16.8. The monoisotopic (exact) mass is 823 g/mol. The first-order chi connectivity index (χ1) is 28.2. The zero-order valence-corrected chi connectivity index (χ0v) is 39.5. The summed E-state index contributed by atoms with van der Waals surface area (Å²) in [6, 6.07) is 17.5. The molecule has 59 heavy (non-hydrogen) atoms. The summed E-state index contributed by atoms with van der Waals surface area (Å²) in [5.41, 5.74) is 11.8. The number of rotatable bonds is 24. The van der Waals surface area contributed by atoms with E-state index in [2.05, 4.69) is 123 Å². The van der Waals surface area contributed by atoms with E-state index in [1.165, 1.54) is 39.0 Å². The molecule has 0 bridgehead atoms. The van der Waals surface area contributed by atoms with Gasteiger partial charge in [-0.3, -0.25) is 0 Å². The highest BCUT2D eigenvalue weighted by atomic mass is 32.2. The van der Waals surface area contributed by atoms with Crippen LogP contribution in [0.15, 0.2) is 141 Å². The first kappa shape index (κ1) is 49.8. The molecule has 0 radical (unpaired) electrons. The summed E-state index contributed by atoms with van der Waals surface area (Å²) in [7, 11) is 0.0689. The SMILES string of the molecule is COC1c2ccccc2C(OC)C(CC=C(C)CCC=C(C)CC(C=C(C)CCC=C(C)CCC=C(C)CCC=C(C)CCC=C(C)C)S(=O)(=O)c2ccccc2)C1C. The summed E-state index contributed by atoms with van der Waals surface area (Å²) in [5, 5.41) is -0.609. The van der Waals surface area contributed by atoms with Crippen LogP contribution in [0.25, 0.3) is 0 Å². The van der Waals surface area contributed by atoms with Gasteiger partial charge in [0, 0.05) is 14.2 Å². The molecule has 0 saturated heterocycles. The Hall–Kier alpha value is -3.51. The molecule has 3 rings (SSSR count). The quantitative estimate of drug-likeness (QED) is 0.0990. The molecule has 5 heteroatoms. The lowest BCUT2D eigenvalue weighted by atomic mass is 9.71. The van der Waals surface area contributed by atoms with Gasteiger partial charge in [0.25, 0.3) is 0 Å². The van der Waals surface area contributed by atoms with E-state index in [0.717, 1.165) is 81.8 Å². The lowest BCUT2D eigenvalue weighted by Gasteiger charge is -2.41. The number of benzene rings is 2. The van der Waals surface area contributed by atoms with Crippen molar-refractivity contribution in [3.63, 3.8) is 0 Å². The minimum absolute atomic E-state index is 0.0332. The van der Waals surface area contributed by atoms with Crippen LogP contribution in [0.3, 0.4) is 0 Å². The molecule has 0 amide bonds. The van der Waals surface area contributed by atoms with Gasteiger partial charge in [-0.15, -0.1) is 0 Å². The van der Waals surface area contributed by atoms with E-state index in [1.807, 2.05) is 38.5 Å². The van der Waals surface area contributed by atoms with Gasteiger partial charge in [-0.1, -0.05) is 131 Å². The fraction of sp³-hybridized carbons (Fsp3) is 0.519. The van der Waals surface area contributed by atoms with Crippen molar-refractivity contribution in [3.8, 4) is 0 Å². The molecule has 0 fully saturated rings. The van der Waals surface area contributed by atoms with Gasteiger partial charge in [-0.05, 0) is 168 Å². The molecule has 0 aromatic heterocycles. The molecule has 0 spiro atoms. The molecule has 2 aromatic carbocycles. The second-order valence-corrected chi connectivity index (χ2v) is 19.7. The molecule has 4 nitrogen and oxygen atoms in total. The van der Waals surface area contributed by atoms with Crippen molar-refractivity contribution in [1.82, 2.24) is 0 Å². The second kappa shape index (κ2) is 26.0. The van der Waals surface area contributed by atoms with Gasteiger partial charge in [0.1, 0.15) is 0 Å². The first-order valence-electron chi connectivity index (χ1n) is 22.2. The highest BCUT2D eigenvalue weighted by molar-refractivity contribution is 7.92. The molecule has 1 aliphatic rings. The summed E-state index contributed by atoms with van der Waals surface area (Å²) in [5.74, 6) is 0.630. The van der Waals surface area contributed by atoms with E-state index >= 15 is 0 Å². The van der Waals surface area contributed by atoms with Crippen LogP contribution in [0, 0.1) is 11.8 Å². The van der Waals surface area contributed by atoms with Crippen molar-refractivity contribution >= 4 is 9.84 Å². The van der Waals surface area contributed by atoms with Gasteiger partial charge in [-0.2, -0.15) is 0 Å². The van der Waals surface area contributed by atoms with Crippen molar-refractivity contribution < 1.29 is 17.9 Å². The van der Waals surface area contributed by atoms with Crippen molar-refractivity contribution in [2.45, 2.75) is 162 Å². The van der Waals surface area contributed by atoms with Gasteiger partial charge in [0.05, 0.1) is 22.4 Å². The van der Waals surface area contributed by atoms with Crippen molar-refractivity contribution in [3.05, 3.63) is 147 Å². The molecule has 5 atom stereocenters. The number of hydrogen-bond donors (Lipinski definition) is 0. The Kier molecular flexibility index (Phi) is 21.9. The third-order valence-corrected chi connectivity index (χ3v) is 14.1. The lowest BCUT2D eigenvalue weighted by Crippen LogP contribution is -2.33. The van der Waals surface area contributed by atoms with Gasteiger partial charge >= 0.3 is 0 Å². The van der Waals surface area contributed by atoms with Crippen LogP contribution in [-0.2, 0) is 19.3 Å². The highest BCUT2D eigenvalue weighted by Crippen LogP contribution is 2.48. The molecule has 1 aliphatic carbocycles. The minimum atomic E-state index is -3.55. The van der Waals surface area contributed by atoms with Gasteiger partial charge in [0.15, 0.2) is 9.84 Å². The second-order valence-electron chi connectivity index (χ2n) is 17.5. The average Bonchev–Trinajstić information content (AvgIpc) is 3.19. The van der Waals surface area contributed by atoms with Crippen LogP contribution in [0.2, 0.25) is 0 Å². The molecular weight excluding hydrogens is 745 g/mol. The molecule has 5 unspecified atom stereocenters. The van der Waals surface area contributed by atoms with Gasteiger partial charge < -0.3 is 9.47 Å². The van der Waals surface area contributed by atoms with Crippen molar-refractivity contribution in [2.75, 3.05) is 14.2 Å². The van der Waals surface area contributed by atoms with E-state index in [1.54, 1.807) is 12.1 Å². The maximum absolute atomic E-state index is 14.0. The van der Waals surface area contributed by atoms with E-state index in [9.17, 15) is 8.42 Å². The molecule has 324 valence electrons. The van der Waals surface area contributed by atoms with Crippen LogP contribution in [0.4, 0.5) is 0 Å². The summed E-state index contributed by atoms with van der Waals surface area (Å²) < 4.78 is 40.1. The van der Waals surface area contributed by atoms with E-state index < -0.39 is 15.1 Å². The standard InChI is InChI=1S/C54H78O4S/c1-40(2)22-17-23-41(3)24-18-25-42(4)26-19-27-43(5)28-20-30-45(7)38-49(59(55,56)48-32-13-12-14-33-48)39-46(8)31-21-29-44(6)36-37-50-47(9)53(57-10)51-34-15-16-35-52(51)54(50)58-11/h12-16,22,24,26,28,31-36,38,47,49-50,53-54H,17-21,23,25,27,29-30,37,39H2,1-11H3. The van der Waals surface area contributed by atoms with Crippen molar-refractivity contribution in [2.24, 2.45) is 11.8 Å². The lowest BCUT2D eigenvalue weighted by molar-refractivity contribution is -0.0457. The Labute approximate surface area is 361 Å². The normalized spacial score (nSPS) is 20.4. The summed E-state index contributed by atoms with van der Waals surface area (Å²) >= 11 is 0. The molecule has 0 saturated carbocycles. The zero-order chi connectivity index (χ0) is 43.4. The fourth-order valence-electron chi connectivity index (χ4n) is 8.39. The topological polar surface area (TPSA) is 52.6 Å². The van der Waals surface area contributed by atoms with Crippen molar-refractivity contribution in [1.29, 1.82) is 0 Å². The van der Waals surface area contributed by atoms with Crippen LogP contribution in [0.5, 0.6) is 0 Å². The molecule has 0 heterocycles. The Morgan fingerprint density at radius 2 is 0.983 bits per heavy atom. The van der Waals surface area contributed by atoms with E-state index in [0.29, 0.717) is 23.2 Å². The Morgan fingerprint density at radius 1 is 0.559 bits per heavy atom. The molecule has 2 aromatic rings. The van der Waals surface area contributed by atoms with Gasteiger partial charge in [0.2, 0.25) is 0 Å². The molecule has 0 aliphatic heterocycles. The number of allylic oxidation sites excluding steroid dienone is 13. The Morgan fingerprint density at radius 3 is 1.47 bits per heavy atom. The first-order valence-corrected chi connectivity index (χ1v) is 23.7. The van der Waals surface area contributed by atoms with E-state index in [-0.39, 0.29) is 12.2 Å². The number of fused-ring (bicyclic) bond motifs is 1. The minimum Gasteiger partial charge on any atom is -0.376 e. The number of hydrogen-bond acceptors (Lipinski definition) is 4. The number of methoxy groups -OCH3 is 2. The van der Waals surface area contributed by atoms with Crippen LogP contribution in [-0.4, -0.2) is 27.9 Å². The third-order valence-electron chi connectivity index (χ3n) is 12.1. The zero-order valence-electron chi connectivity index (χ0n) is 38.7. The van der Waals surface area contributed by atoms with Crippen LogP contribution < -0.4 is 0 Å². The Balaban J connectivity index is 1.58. The molecule has 0 N–H and O–H groups in total. The van der Waals surface area contributed by atoms with Crippen LogP contribution >= 0.6 is 0 Å². The van der Waals surface area contributed by atoms with Gasteiger partial charge in [-0.25, -0.2) is 8.42 Å². The maximum Gasteiger partial charge on any atom is 0.185 e. The smallest absolute Gasteiger partial charge is 0.185 e. The Bertz CT molecular complexity index is 1920. The maximum atomic E-state index is 14.0. The summed E-state index contributed by atoms with van der Waals surface area (Å²) in [4.78, 5) is 0.384. The molecular formula is C54H78O4S. The predicted octanol–water partition coefficient (Wildman–Crippen LogP) is 15.5. The largest absolute Gasteiger partial charge is 0.376 e. The number of ether oxygens (including phenoxy) is 2. The predicted molar refractivity (Wildman–Crippen MR) is 253 cm³/mol. The summed E-state index contributed by atoms with van der Waals surface area (Å²) in [6.45, 7) is 19.7. The number of sulfone groups is 1.